The summed E-state index contributed by atoms with van der Waals surface area (Å²) in [4.78, 5) is 8.70. The average molecular weight is 346 g/mol. The van der Waals surface area contributed by atoms with Crippen LogP contribution in [0.4, 0.5) is 0 Å². The number of aromatic nitrogens is 1. The molecule has 2 fully saturated rings. The Hall–Kier alpha value is -1.82. The van der Waals surface area contributed by atoms with Gasteiger partial charge < -0.3 is 20.1 Å². The molecular formula is C19H30N4O2. The van der Waals surface area contributed by atoms with Crippen molar-refractivity contribution in [2.75, 3.05) is 20.2 Å². The molecule has 0 spiro atoms. The fraction of sp³-hybridized carbons (Fsp3) is 0.684. The molecule has 6 heteroatoms. The molecular weight excluding hydrogens is 316 g/mol. The number of nitrogens with one attached hydrogen (secondary N) is 2. The number of guanidine groups is 1. The average Bonchev–Trinajstić information content (AvgIpc) is 3.18. The van der Waals surface area contributed by atoms with Crippen LogP contribution in [0.15, 0.2) is 23.3 Å². The summed E-state index contributed by atoms with van der Waals surface area (Å²) in [5.41, 5.74) is 1.11. The van der Waals surface area contributed by atoms with Crippen LogP contribution in [0.1, 0.15) is 50.5 Å². The molecule has 1 aromatic heterocycles. The van der Waals surface area contributed by atoms with Crippen molar-refractivity contribution in [3.05, 3.63) is 23.9 Å². The lowest BCUT2D eigenvalue weighted by molar-refractivity contribution is 0.114. The third-order valence-electron chi connectivity index (χ3n) is 4.84. The first-order chi connectivity index (χ1) is 12.3. The number of ether oxygens (including phenoxy) is 2. The fourth-order valence-electron chi connectivity index (χ4n) is 3.36. The highest BCUT2D eigenvalue weighted by Gasteiger charge is 2.16. The van der Waals surface area contributed by atoms with Crippen molar-refractivity contribution < 1.29 is 9.47 Å². The van der Waals surface area contributed by atoms with E-state index in [0.717, 1.165) is 56.2 Å². The summed E-state index contributed by atoms with van der Waals surface area (Å²) in [6.45, 7) is 2.35. The van der Waals surface area contributed by atoms with E-state index in [4.69, 9.17) is 9.47 Å². The lowest BCUT2D eigenvalue weighted by Gasteiger charge is -2.22. The monoisotopic (exact) mass is 346 g/mol. The van der Waals surface area contributed by atoms with Gasteiger partial charge in [0.15, 0.2) is 5.96 Å². The van der Waals surface area contributed by atoms with Crippen molar-refractivity contribution in [2.24, 2.45) is 4.99 Å². The van der Waals surface area contributed by atoms with Crippen LogP contribution in [0.3, 0.4) is 0 Å². The maximum Gasteiger partial charge on any atom is 0.213 e. The standard InChI is InChI=1S/C19H30N4O2/c1-20-19(23-14-17-8-5-11-24-17)22-13-15-9-10-18(21-12-15)25-16-6-3-2-4-7-16/h9-10,12,16-17H,2-8,11,13-14H2,1H3,(H2,20,22,23). The summed E-state index contributed by atoms with van der Waals surface area (Å²) in [6, 6.07) is 4.03. The van der Waals surface area contributed by atoms with Crippen molar-refractivity contribution >= 4 is 5.96 Å². The molecule has 1 aromatic rings. The summed E-state index contributed by atoms with van der Waals surface area (Å²) in [7, 11) is 1.78. The van der Waals surface area contributed by atoms with E-state index in [1.807, 2.05) is 12.3 Å². The van der Waals surface area contributed by atoms with E-state index in [-0.39, 0.29) is 0 Å². The number of aliphatic imine (C=N–C) groups is 1. The summed E-state index contributed by atoms with van der Waals surface area (Å²) < 4.78 is 11.6. The summed E-state index contributed by atoms with van der Waals surface area (Å²) in [5.74, 6) is 1.52. The zero-order chi connectivity index (χ0) is 17.3. The highest BCUT2D eigenvalue weighted by atomic mass is 16.5. The van der Waals surface area contributed by atoms with Gasteiger partial charge >= 0.3 is 0 Å². The quantitative estimate of drug-likeness (QED) is 0.612. The first-order valence-corrected chi connectivity index (χ1v) is 9.51. The Morgan fingerprint density at radius 3 is 2.76 bits per heavy atom. The minimum atomic E-state index is 0.302. The highest BCUT2D eigenvalue weighted by molar-refractivity contribution is 5.79. The normalized spacial score (nSPS) is 22.0. The molecule has 1 saturated heterocycles. The van der Waals surface area contributed by atoms with E-state index in [1.165, 1.54) is 19.3 Å². The molecule has 2 heterocycles. The van der Waals surface area contributed by atoms with Crippen molar-refractivity contribution in [2.45, 2.75) is 63.7 Å². The van der Waals surface area contributed by atoms with Crippen LogP contribution in [-0.2, 0) is 11.3 Å². The molecule has 0 bridgehead atoms. The summed E-state index contributed by atoms with van der Waals surface area (Å²) >= 11 is 0. The topological polar surface area (TPSA) is 67.8 Å². The highest BCUT2D eigenvalue weighted by Crippen LogP contribution is 2.22. The molecule has 1 aliphatic heterocycles. The fourth-order valence-corrected chi connectivity index (χ4v) is 3.36. The minimum Gasteiger partial charge on any atom is -0.474 e. The molecule has 2 aliphatic rings. The Morgan fingerprint density at radius 1 is 1.20 bits per heavy atom. The second-order valence-corrected chi connectivity index (χ2v) is 6.82. The van der Waals surface area contributed by atoms with Gasteiger partial charge in [0.1, 0.15) is 6.10 Å². The third kappa shape index (κ3) is 5.88. The molecule has 1 unspecified atom stereocenters. The molecule has 6 nitrogen and oxygen atoms in total. The Morgan fingerprint density at radius 2 is 2.08 bits per heavy atom. The van der Waals surface area contributed by atoms with Gasteiger partial charge in [-0.1, -0.05) is 12.5 Å². The van der Waals surface area contributed by atoms with Gasteiger partial charge in [-0.05, 0) is 44.1 Å². The molecule has 1 aliphatic carbocycles. The van der Waals surface area contributed by atoms with E-state index in [2.05, 4.69) is 26.7 Å². The van der Waals surface area contributed by atoms with Crippen molar-refractivity contribution in [3.63, 3.8) is 0 Å². The van der Waals surface area contributed by atoms with Crippen LogP contribution in [0, 0.1) is 0 Å². The molecule has 0 amide bonds. The number of rotatable bonds is 6. The Balaban J connectivity index is 1.40. The van der Waals surface area contributed by atoms with Crippen LogP contribution in [0.25, 0.3) is 0 Å². The molecule has 138 valence electrons. The van der Waals surface area contributed by atoms with E-state index in [0.29, 0.717) is 18.8 Å². The van der Waals surface area contributed by atoms with Gasteiger partial charge in [0.2, 0.25) is 5.88 Å². The molecule has 1 atom stereocenters. The van der Waals surface area contributed by atoms with Crippen LogP contribution >= 0.6 is 0 Å². The first kappa shape index (κ1) is 18.0. The SMILES string of the molecule is CN=C(NCc1ccc(OC2CCCCC2)nc1)NCC1CCCO1. The largest absolute Gasteiger partial charge is 0.474 e. The molecule has 1 saturated carbocycles. The van der Waals surface area contributed by atoms with Crippen LogP contribution < -0.4 is 15.4 Å². The minimum absolute atomic E-state index is 0.302. The Kier molecular flexibility index (Phi) is 6.91. The second kappa shape index (κ2) is 9.61. The van der Waals surface area contributed by atoms with E-state index in [1.54, 1.807) is 7.05 Å². The molecule has 0 radical (unpaired) electrons. The van der Waals surface area contributed by atoms with Gasteiger partial charge in [-0.2, -0.15) is 0 Å². The third-order valence-corrected chi connectivity index (χ3v) is 4.84. The zero-order valence-corrected chi connectivity index (χ0v) is 15.2. The van der Waals surface area contributed by atoms with Gasteiger partial charge in [-0.15, -0.1) is 0 Å². The second-order valence-electron chi connectivity index (χ2n) is 6.82. The Bertz CT molecular complexity index is 535. The summed E-state index contributed by atoms with van der Waals surface area (Å²) in [5, 5.41) is 6.63. The molecule has 0 aromatic carbocycles. The molecule has 25 heavy (non-hydrogen) atoms. The van der Waals surface area contributed by atoms with Crippen LogP contribution in [0.2, 0.25) is 0 Å². The van der Waals surface area contributed by atoms with Gasteiger partial charge in [0.05, 0.1) is 6.10 Å². The van der Waals surface area contributed by atoms with E-state index in [9.17, 15) is 0 Å². The predicted molar refractivity (Wildman–Crippen MR) is 98.9 cm³/mol. The molecule has 3 rings (SSSR count). The number of nitrogens with zero attached hydrogens (tertiary/aromatic N) is 2. The van der Waals surface area contributed by atoms with Gasteiger partial charge in [-0.3, -0.25) is 4.99 Å². The lowest BCUT2D eigenvalue weighted by Crippen LogP contribution is -2.40. The summed E-state index contributed by atoms with van der Waals surface area (Å²) in [6.07, 6.45) is 11.0. The molecule has 2 N–H and O–H groups in total. The van der Waals surface area contributed by atoms with Crippen molar-refractivity contribution in [1.82, 2.24) is 15.6 Å². The van der Waals surface area contributed by atoms with Gasteiger partial charge in [-0.25, -0.2) is 4.98 Å². The van der Waals surface area contributed by atoms with Crippen LogP contribution in [-0.4, -0.2) is 43.4 Å². The zero-order valence-electron chi connectivity index (χ0n) is 15.2. The first-order valence-electron chi connectivity index (χ1n) is 9.51. The number of hydrogen-bond acceptors (Lipinski definition) is 4. The van der Waals surface area contributed by atoms with Crippen LogP contribution in [0.5, 0.6) is 5.88 Å². The lowest BCUT2D eigenvalue weighted by atomic mass is 9.98. The van der Waals surface area contributed by atoms with E-state index >= 15 is 0 Å². The smallest absolute Gasteiger partial charge is 0.213 e. The predicted octanol–water partition coefficient (Wildman–Crippen LogP) is 2.64. The van der Waals surface area contributed by atoms with Crippen molar-refractivity contribution in [3.8, 4) is 5.88 Å². The Labute approximate surface area is 150 Å². The van der Waals surface area contributed by atoms with Gasteiger partial charge in [0, 0.05) is 39.0 Å². The maximum atomic E-state index is 5.97. The number of hydrogen-bond donors (Lipinski definition) is 2. The van der Waals surface area contributed by atoms with E-state index < -0.39 is 0 Å². The van der Waals surface area contributed by atoms with Crippen molar-refractivity contribution in [1.29, 1.82) is 0 Å². The number of pyridine rings is 1. The van der Waals surface area contributed by atoms with Gasteiger partial charge in [0.25, 0.3) is 0 Å². The maximum absolute atomic E-state index is 5.97.